The molecule has 0 bridgehead atoms. The number of hydrogen-bond acceptors (Lipinski definition) is 4. The number of ether oxygens (including phenoxy) is 1. The molecule has 0 spiro atoms. The second-order valence-electron chi connectivity index (χ2n) is 7.10. The molecule has 4 rings (SSSR count). The Morgan fingerprint density at radius 3 is 2.45 bits per heavy atom. The molecule has 1 aliphatic rings. The molecule has 1 fully saturated rings. The molecule has 0 unspecified atom stereocenters. The minimum Gasteiger partial charge on any atom is -0.439 e. The number of rotatable bonds is 6. The van der Waals surface area contributed by atoms with E-state index in [0.717, 1.165) is 18.4 Å². The fraction of sp³-hybridized carbons (Fsp3) is 0.174. The molecule has 146 valence electrons. The van der Waals surface area contributed by atoms with Crippen molar-refractivity contribution in [3.63, 3.8) is 0 Å². The zero-order valence-corrected chi connectivity index (χ0v) is 16.0. The van der Waals surface area contributed by atoms with Gasteiger partial charge in [0.2, 0.25) is 11.8 Å². The van der Waals surface area contributed by atoms with Gasteiger partial charge >= 0.3 is 0 Å². The minimum absolute atomic E-state index is 0.0101. The Hall–Kier alpha value is -3.67. The number of nitrogens with zero attached hydrogens (tertiary/aromatic N) is 1. The van der Waals surface area contributed by atoms with E-state index < -0.39 is 0 Å². The second kappa shape index (κ2) is 8.14. The first-order chi connectivity index (χ1) is 14.1. The Morgan fingerprint density at radius 2 is 1.76 bits per heavy atom. The van der Waals surface area contributed by atoms with Crippen LogP contribution in [0.15, 0.2) is 66.9 Å². The van der Waals surface area contributed by atoms with Gasteiger partial charge in [0.15, 0.2) is 0 Å². The molecule has 2 N–H and O–H groups in total. The molecule has 0 aliphatic heterocycles. The Balaban J connectivity index is 1.37. The molecule has 2 amide bonds. The predicted octanol–water partition coefficient (Wildman–Crippen LogP) is 4.78. The standard InChI is InChI=1S/C23H21N3O3/c1-15-5-10-20(11-6-15)29-21-12-9-19(14-24-21)26-23(28)17-3-2-4-18(13-17)25-22(27)16-7-8-16/h2-6,9-14,16H,7-8H2,1H3,(H,25,27)(H,26,28). The van der Waals surface area contributed by atoms with Gasteiger partial charge in [0.25, 0.3) is 5.91 Å². The molecule has 6 nitrogen and oxygen atoms in total. The number of pyridine rings is 1. The molecule has 1 heterocycles. The first kappa shape index (κ1) is 18.7. The summed E-state index contributed by atoms with van der Waals surface area (Å²) in [6, 6.07) is 18.0. The van der Waals surface area contributed by atoms with Crippen molar-refractivity contribution in [2.75, 3.05) is 10.6 Å². The van der Waals surface area contributed by atoms with Gasteiger partial charge in [0.05, 0.1) is 11.9 Å². The van der Waals surface area contributed by atoms with Crippen LogP contribution in [0.1, 0.15) is 28.8 Å². The highest BCUT2D eigenvalue weighted by Gasteiger charge is 2.29. The average Bonchev–Trinajstić information content (AvgIpc) is 3.57. The van der Waals surface area contributed by atoms with E-state index in [2.05, 4.69) is 15.6 Å². The van der Waals surface area contributed by atoms with Gasteiger partial charge in [-0.05, 0) is 56.2 Å². The van der Waals surface area contributed by atoms with Crippen LogP contribution in [0.4, 0.5) is 11.4 Å². The van der Waals surface area contributed by atoms with Gasteiger partial charge < -0.3 is 15.4 Å². The molecule has 29 heavy (non-hydrogen) atoms. The van der Waals surface area contributed by atoms with E-state index >= 15 is 0 Å². The zero-order chi connectivity index (χ0) is 20.2. The third kappa shape index (κ3) is 4.99. The van der Waals surface area contributed by atoms with Gasteiger partial charge in [-0.3, -0.25) is 9.59 Å². The smallest absolute Gasteiger partial charge is 0.255 e. The molecule has 0 atom stereocenters. The molecule has 1 aliphatic carbocycles. The molecule has 0 radical (unpaired) electrons. The van der Waals surface area contributed by atoms with Crippen LogP contribution < -0.4 is 15.4 Å². The summed E-state index contributed by atoms with van der Waals surface area (Å²) in [5.41, 5.74) is 2.78. The molecule has 2 aromatic carbocycles. The highest BCUT2D eigenvalue weighted by atomic mass is 16.5. The predicted molar refractivity (Wildman–Crippen MR) is 111 cm³/mol. The van der Waals surface area contributed by atoms with E-state index in [1.165, 1.54) is 0 Å². The van der Waals surface area contributed by atoms with Crippen molar-refractivity contribution in [3.05, 3.63) is 78.0 Å². The zero-order valence-electron chi connectivity index (χ0n) is 16.0. The van der Waals surface area contributed by atoms with E-state index in [9.17, 15) is 9.59 Å². The van der Waals surface area contributed by atoms with Crippen LogP contribution in [0.2, 0.25) is 0 Å². The summed E-state index contributed by atoms with van der Waals surface area (Å²) in [6.07, 6.45) is 3.41. The van der Waals surface area contributed by atoms with Crippen molar-refractivity contribution in [3.8, 4) is 11.6 Å². The van der Waals surface area contributed by atoms with Crippen molar-refractivity contribution < 1.29 is 14.3 Å². The summed E-state index contributed by atoms with van der Waals surface area (Å²) in [5.74, 6) is 0.984. The molecule has 0 saturated heterocycles. The molecular weight excluding hydrogens is 366 g/mol. The highest BCUT2D eigenvalue weighted by Crippen LogP contribution is 2.30. The van der Waals surface area contributed by atoms with E-state index in [1.54, 1.807) is 42.6 Å². The Labute approximate surface area is 168 Å². The number of nitrogens with one attached hydrogen (secondary N) is 2. The maximum Gasteiger partial charge on any atom is 0.255 e. The minimum atomic E-state index is -0.276. The van der Waals surface area contributed by atoms with Gasteiger partial charge in [0.1, 0.15) is 5.75 Å². The summed E-state index contributed by atoms with van der Waals surface area (Å²) in [6.45, 7) is 2.01. The number of benzene rings is 2. The molecular formula is C23H21N3O3. The van der Waals surface area contributed by atoms with Crippen LogP contribution in [-0.4, -0.2) is 16.8 Å². The quantitative estimate of drug-likeness (QED) is 0.638. The normalized spacial score (nSPS) is 12.9. The number of hydrogen-bond donors (Lipinski definition) is 2. The summed E-state index contributed by atoms with van der Waals surface area (Å²) in [4.78, 5) is 28.7. The van der Waals surface area contributed by atoms with Crippen LogP contribution in [0.5, 0.6) is 11.6 Å². The van der Waals surface area contributed by atoms with Crippen molar-refractivity contribution in [2.24, 2.45) is 5.92 Å². The lowest BCUT2D eigenvalue weighted by atomic mass is 10.2. The van der Waals surface area contributed by atoms with Crippen LogP contribution in [0, 0.1) is 12.8 Å². The highest BCUT2D eigenvalue weighted by molar-refractivity contribution is 6.05. The lowest BCUT2D eigenvalue weighted by Crippen LogP contribution is -2.15. The largest absolute Gasteiger partial charge is 0.439 e. The number of anilines is 2. The maximum absolute atomic E-state index is 12.5. The molecule has 3 aromatic rings. The van der Waals surface area contributed by atoms with Crippen molar-refractivity contribution in [2.45, 2.75) is 19.8 Å². The van der Waals surface area contributed by atoms with Crippen LogP contribution in [-0.2, 0) is 4.79 Å². The summed E-state index contributed by atoms with van der Waals surface area (Å²) in [7, 11) is 0. The lowest BCUT2D eigenvalue weighted by molar-refractivity contribution is -0.117. The third-order valence-corrected chi connectivity index (χ3v) is 4.58. The molecule has 6 heteroatoms. The first-order valence-electron chi connectivity index (χ1n) is 9.50. The third-order valence-electron chi connectivity index (χ3n) is 4.58. The van der Waals surface area contributed by atoms with Gasteiger partial charge in [-0.15, -0.1) is 0 Å². The number of carbonyl (C=O) groups is 2. The van der Waals surface area contributed by atoms with Gasteiger partial charge in [0, 0.05) is 23.2 Å². The second-order valence-corrected chi connectivity index (χ2v) is 7.10. The summed E-state index contributed by atoms with van der Waals surface area (Å²) < 4.78 is 5.69. The van der Waals surface area contributed by atoms with Crippen molar-refractivity contribution in [1.29, 1.82) is 0 Å². The number of aryl methyl sites for hydroxylation is 1. The molecule has 1 aromatic heterocycles. The number of amides is 2. The summed E-state index contributed by atoms with van der Waals surface area (Å²) in [5, 5.41) is 5.65. The van der Waals surface area contributed by atoms with Crippen molar-refractivity contribution in [1.82, 2.24) is 4.98 Å². The average molecular weight is 387 g/mol. The fourth-order valence-corrected chi connectivity index (χ4v) is 2.77. The summed E-state index contributed by atoms with van der Waals surface area (Å²) >= 11 is 0. The van der Waals surface area contributed by atoms with Gasteiger partial charge in [-0.25, -0.2) is 4.98 Å². The number of carbonyl (C=O) groups excluding carboxylic acids is 2. The van der Waals surface area contributed by atoms with E-state index in [4.69, 9.17) is 4.74 Å². The SMILES string of the molecule is Cc1ccc(Oc2ccc(NC(=O)c3cccc(NC(=O)C4CC4)c3)cn2)cc1. The van der Waals surface area contributed by atoms with E-state index in [0.29, 0.717) is 28.6 Å². The Kier molecular flexibility index (Phi) is 5.24. The van der Waals surface area contributed by atoms with Crippen LogP contribution >= 0.6 is 0 Å². The fourth-order valence-electron chi connectivity index (χ4n) is 2.77. The van der Waals surface area contributed by atoms with Crippen LogP contribution in [0.25, 0.3) is 0 Å². The Morgan fingerprint density at radius 1 is 0.966 bits per heavy atom. The van der Waals surface area contributed by atoms with Crippen LogP contribution in [0.3, 0.4) is 0 Å². The maximum atomic E-state index is 12.5. The lowest BCUT2D eigenvalue weighted by Gasteiger charge is -2.09. The van der Waals surface area contributed by atoms with E-state index in [1.807, 2.05) is 31.2 Å². The first-order valence-corrected chi connectivity index (χ1v) is 9.50. The van der Waals surface area contributed by atoms with E-state index in [-0.39, 0.29) is 17.7 Å². The topological polar surface area (TPSA) is 80.3 Å². The monoisotopic (exact) mass is 387 g/mol. The van der Waals surface area contributed by atoms with Gasteiger partial charge in [-0.1, -0.05) is 23.8 Å². The Bertz CT molecular complexity index is 1030. The molecule has 1 saturated carbocycles. The van der Waals surface area contributed by atoms with Gasteiger partial charge in [-0.2, -0.15) is 0 Å². The number of aromatic nitrogens is 1. The van der Waals surface area contributed by atoms with Crippen molar-refractivity contribution >= 4 is 23.2 Å².